The Morgan fingerprint density at radius 3 is 3.07 bits per heavy atom. The van der Waals surface area contributed by atoms with Gasteiger partial charge in [0.1, 0.15) is 11.5 Å². The van der Waals surface area contributed by atoms with Crippen LogP contribution in [0.15, 0.2) is 36.8 Å². The largest absolute Gasteiger partial charge is 0.465 e. The fourth-order valence-corrected chi connectivity index (χ4v) is 3.66. The van der Waals surface area contributed by atoms with Crippen LogP contribution in [0.1, 0.15) is 19.8 Å². The molecule has 0 bridgehead atoms. The van der Waals surface area contributed by atoms with E-state index in [-0.39, 0.29) is 13.1 Å². The van der Waals surface area contributed by atoms with E-state index in [2.05, 4.69) is 20.4 Å². The van der Waals surface area contributed by atoms with E-state index in [1.54, 1.807) is 12.4 Å². The fourth-order valence-electron chi connectivity index (χ4n) is 3.66. The van der Waals surface area contributed by atoms with E-state index >= 15 is 4.39 Å². The minimum atomic E-state index is -1.64. The zero-order valence-corrected chi connectivity index (χ0v) is 16.2. The number of alkyl halides is 1. The van der Waals surface area contributed by atoms with E-state index in [1.807, 2.05) is 36.0 Å². The molecule has 0 saturated carbocycles. The predicted octanol–water partition coefficient (Wildman–Crippen LogP) is 3.41. The summed E-state index contributed by atoms with van der Waals surface area (Å²) in [6.45, 7) is 2.95. The molecule has 3 aromatic heterocycles. The maximum atomic E-state index is 15.3. The van der Waals surface area contributed by atoms with Gasteiger partial charge >= 0.3 is 6.09 Å². The molecule has 1 saturated heterocycles. The molecule has 1 amide bonds. The molecule has 0 unspecified atom stereocenters. The van der Waals surface area contributed by atoms with Gasteiger partial charge in [-0.25, -0.2) is 14.2 Å². The van der Waals surface area contributed by atoms with Gasteiger partial charge in [0.05, 0.1) is 30.5 Å². The quantitative estimate of drug-likeness (QED) is 0.684. The highest BCUT2D eigenvalue weighted by atomic mass is 19.1. The first-order valence-corrected chi connectivity index (χ1v) is 9.67. The van der Waals surface area contributed by atoms with Crippen LogP contribution in [0, 0.1) is 0 Å². The number of nitrogens with one attached hydrogen (secondary N) is 1. The minimum Gasteiger partial charge on any atom is -0.465 e. The SMILES string of the molecule is CCn1cc(-c2cc3ncccc3c(NC[C@]3(F)CCCN(C(=O)O)C3)n2)cn1. The van der Waals surface area contributed by atoms with Gasteiger partial charge in [-0.3, -0.25) is 9.67 Å². The van der Waals surface area contributed by atoms with Crippen LogP contribution in [0.5, 0.6) is 0 Å². The maximum Gasteiger partial charge on any atom is 0.407 e. The molecule has 3 aromatic rings. The topological polar surface area (TPSA) is 96.2 Å². The van der Waals surface area contributed by atoms with Crippen LogP contribution in [-0.4, -0.2) is 61.2 Å². The molecule has 8 nitrogen and oxygen atoms in total. The van der Waals surface area contributed by atoms with Gasteiger partial charge in [-0.05, 0) is 38.0 Å². The summed E-state index contributed by atoms with van der Waals surface area (Å²) in [5.41, 5.74) is 0.651. The van der Waals surface area contributed by atoms with Crippen LogP contribution in [0.2, 0.25) is 0 Å². The van der Waals surface area contributed by atoms with Crippen molar-refractivity contribution in [1.82, 2.24) is 24.6 Å². The number of amides is 1. The third kappa shape index (κ3) is 3.98. The van der Waals surface area contributed by atoms with Gasteiger partial charge in [0.2, 0.25) is 0 Å². The number of rotatable bonds is 5. The van der Waals surface area contributed by atoms with E-state index in [0.717, 1.165) is 27.9 Å². The van der Waals surface area contributed by atoms with Crippen LogP contribution in [0.4, 0.5) is 15.0 Å². The Kier molecular flexibility index (Phi) is 5.04. The molecular weight excluding hydrogens is 375 g/mol. The Morgan fingerprint density at radius 1 is 1.45 bits per heavy atom. The van der Waals surface area contributed by atoms with E-state index in [9.17, 15) is 9.90 Å². The van der Waals surface area contributed by atoms with Gasteiger partial charge in [-0.15, -0.1) is 0 Å². The predicted molar refractivity (Wildman–Crippen MR) is 108 cm³/mol. The second-order valence-electron chi connectivity index (χ2n) is 7.32. The second kappa shape index (κ2) is 7.65. The molecule has 9 heteroatoms. The third-order valence-electron chi connectivity index (χ3n) is 5.22. The number of aromatic nitrogens is 4. The van der Waals surface area contributed by atoms with Crippen LogP contribution >= 0.6 is 0 Å². The number of pyridine rings is 2. The summed E-state index contributed by atoms with van der Waals surface area (Å²) in [7, 11) is 0. The number of hydrogen-bond acceptors (Lipinski definition) is 5. The van der Waals surface area contributed by atoms with Crippen molar-refractivity contribution in [2.75, 3.05) is 25.0 Å². The number of carbonyl (C=O) groups is 1. The van der Waals surface area contributed by atoms with Gasteiger partial charge in [0.25, 0.3) is 0 Å². The molecule has 2 N–H and O–H groups in total. The summed E-state index contributed by atoms with van der Waals surface area (Å²) in [5.74, 6) is 0.527. The van der Waals surface area contributed by atoms with Gasteiger partial charge in [-0.2, -0.15) is 5.10 Å². The van der Waals surface area contributed by atoms with Crippen molar-refractivity contribution in [2.24, 2.45) is 0 Å². The van der Waals surface area contributed by atoms with E-state index in [1.165, 1.54) is 0 Å². The smallest absolute Gasteiger partial charge is 0.407 e. The van der Waals surface area contributed by atoms with Crippen molar-refractivity contribution in [2.45, 2.75) is 32.0 Å². The van der Waals surface area contributed by atoms with Crippen LogP contribution < -0.4 is 5.32 Å². The first-order chi connectivity index (χ1) is 14.0. The fraction of sp³-hybridized carbons (Fsp3) is 0.400. The maximum absolute atomic E-state index is 15.3. The Bertz CT molecular complexity index is 1040. The molecule has 152 valence electrons. The lowest BCUT2D eigenvalue weighted by molar-refractivity contribution is 0.0537. The average Bonchev–Trinajstić information content (AvgIpc) is 3.21. The van der Waals surface area contributed by atoms with Gasteiger partial charge in [-0.1, -0.05) is 0 Å². The number of piperidine rings is 1. The lowest BCUT2D eigenvalue weighted by Crippen LogP contribution is -2.50. The molecule has 1 aliphatic heterocycles. The zero-order valence-electron chi connectivity index (χ0n) is 16.2. The molecule has 0 aromatic carbocycles. The lowest BCUT2D eigenvalue weighted by atomic mass is 9.95. The molecule has 0 aliphatic carbocycles. The monoisotopic (exact) mass is 398 g/mol. The number of likely N-dealkylation sites (tertiary alicyclic amines) is 1. The molecule has 1 fully saturated rings. The Labute approximate surface area is 167 Å². The van der Waals surface area contributed by atoms with Crippen molar-refractivity contribution >= 4 is 22.8 Å². The number of halogens is 1. The van der Waals surface area contributed by atoms with Crippen molar-refractivity contribution in [3.05, 3.63) is 36.8 Å². The summed E-state index contributed by atoms with van der Waals surface area (Å²) in [6.07, 6.45) is 5.07. The van der Waals surface area contributed by atoms with Crippen LogP contribution in [-0.2, 0) is 6.54 Å². The Hall–Kier alpha value is -3.23. The number of carboxylic acid groups (broad SMARTS) is 1. The lowest BCUT2D eigenvalue weighted by Gasteiger charge is -2.36. The van der Waals surface area contributed by atoms with Crippen LogP contribution in [0.3, 0.4) is 0 Å². The number of aryl methyl sites for hydroxylation is 1. The molecule has 1 aliphatic rings. The van der Waals surface area contributed by atoms with Crippen molar-refractivity contribution < 1.29 is 14.3 Å². The average molecular weight is 398 g/mol. The number of fused-ring (bicyclic) bond motifs is 1. The summed E-state index contributed by atoms with van der Waals surface area (Å²) in [6, 6.07) is 5.57. The number of anilines is 1. The summed E-state index contributed by atoms with van der Waals surface area (Å²) in [5, 5.41) is 17.4. The van der Waals surface area contributed by atoms with Crippen molar-refractivity contribution in [3.8, 4) is 11.3 Å². The highest BCUT2D eigenvalue weighted by Crippen LogP contribution is 2.29. The molecule has 1 atom stereocenters. The molecule has 4 heterocycles. The van der Waals surface area contributed by atoms with E-state index in [0.29, 0.717) is 30.9 Å². The normalized spacial score (nSPS) is 19.4. The molecule has 29 heavy (non-hydrogen) atoms. The summed E-state index contributed by atoms with van der Waals surface area (Å²) >= 11 is 0. The van der Waals surface area contributed by atoms with Crippen molar-refractivity contribution in [1.29, 1.82) is 0 Å². The molecule has 0 radical (unpaired) electrons. The van der Waals surface area contributed by atoms with E-state index < -0.39 is 11.8 Å². The van der Waals surface area contributed by atoms with Crippen LogP contribution in [0.25, 0.3) is 22.2 Å². The third-order valence-corrected chi connectivity index (χ3v) is 5.22. The minimum absolute atomic E-state index is 0.0224. The van der Waals surface area contributed by atoms with Gasteiger partial charge in [0, 0.05) is 36.4 Å². The first kappa shape index (κ1) is 19.1. The van der Waals surface area contributed by atoms with Crippen molar-refractivity contribution in [3.63, 3.8) is 0 Å². The Balaban J connectivity index is 1.63. The summed E-state index contributed by atoms with van der Waals surface area (Å²) in [4.78, 5) is 21.5. The summed E-state index contributed by atoms with van der Waals surface area (Å²) < 4.78 is 17.1. The highest BCUT2D eigenvalue weighted by molar-refractivity contribution is 5.91. The first-order valence-electron chi connectivity index (χ1n) is 9.67. The zero-order chi connectivity index (χ0) is 20.4. The highest BCUT2D eigenvalue weighted by Gasteiger charge is 2.37. The van der Waals surface area contributed by atoms with Gasteiger partial charge in [0.15, 0.2) is 0 Å². The molecule has 0 spiro atoms. The molecular formula is C20H23FN6O2. The number of nitrogens with zero attached hydrogens (tertiary/aromatic N) is 5. The number of hydrogen-bond donors (Lipinski definition) is 2. The Morgan fingerprint density at radius 2 is 2.31 bits per heavy atom. The second-order valence-corrected chi connectivity index (χ2v) is 7.32. The standard InChI is InChI=1S/C20H23FN6O2/c1-2-27-11-14(10-24-27)16-9-17-15(5-3-7-22-17)18(25-16)23-12-20(21)6-4-8-26(13-20)19(28)29/h3,5,7,9-11H,2,4,6,8,12-13H2,1H3,(H,23,25)(H,28,29)/t20-/m1/s1. The van der Waals surface area contributed by atoms with Gasteiger partial charge < -0.3 is 15.3 Å². The van der Waals surface area contributed by atoms with E-state index in [4.69, 9.17) is 0 Å². The molecule has 4 rings (SSSR count).